The minimum atomic E-state index is -0.580. The van der Waals surface area contributed by atoms with Gasteiger partial charge in [0, 0.05) is 47.9 Å². The fraction of sp³-hybridized carbons (Fsp3) is 0.200. The van der Waals surface area contributed by atoms with Crippen LogP contribution < -0.4 is 21.4 Å². The van der Waals surface area contributed by atoms with E-state index in [0.29, 0.717) is 34.2 Å². The van der Waals surface area contributed by atoms with E-state index in [1.807, 2.05) is 13.0 Å². The standard InChI is InChI=1S/C25H25N6O4/c1-3-18-21(26)23(24(32)27-2)31(34)20-11-10-19(30-22(18)20)16-6-8-17(9-7-16)29-25(33)35-14-15-5-4-12-28-13-15/h4-13,18H,3,14,26H2,1-2H3,(H,27,32)(H,29,33)/q-1. The molecule has 0 bridgehead atoms. The second kappa shape index (κ2) is 10.2. The minimum absolute atomic E-state index is 0.104. The van der Waals surface area contributed by atoms with Crippen molar-refractivity contribution in [1.29, 1.82) is 0 Å². The van der Waals surface area contributed by atoms with Crippen molar-refractivity contribution in [2.24, 2.45) is 5.73 Å². The van der Waals surface area contributed by atoms with Crippen LogP contribution in [0.5, 0.6) is 0 Å². The molecule has 1 aromatic carbocycles. The number of hydrogen-bond donors (Lipinski definition) is 3. The highest BCUT2D eigenvalue weighted by Crippen LogP contribution is 2.40. The average Bonchev–Trinajstić information content (AvgIpc) is 2.88. The molecule has 10 nitrogen and oxygen atoms in total. The van der Waals surface area contributed by atoms with E-state index in [1.165, 1.54) is 7.05 Å². The number of nitrogens with zero attached hydrogens (tertiary/aromatic N) is 3. The van der Waals surface area contributed by atoms with Crippen molar-refractivity contribution in [3.8, 4) is 11.3 Å². The van der Waals surface area contributed by atoms with Crippen LogP contribution in [-0.2, 0) is 16.1 Å². The van der Waals surface area contributed by atoms with Gasteiger partial charge in [-0.3, -0.25) is 15.1 Å². The van der Waals surface area contributed by atoms with Gasteiger partial charge in [0.05, 0.1) is 17.1 Å². The van der Waals surface area contributed by atoms with Crippen molar-refractivity contribution in [3.63, 3.8) is 0 Å². The number of rotatable bonds is 6. The molecule has 1 unspecified atom stereocenters. The van der Waals surface area contributed by atoms with Crippen molar-refractivity contribution in [1.82, 2.24) is 15.3 Å². The summed E-state index contributed by atoms with van der Waals surface area (Å²) in [7, 11) is 1.45. The quantitative estimate of drug-likeness (QED) is 0.492. The number of fused-ring (bicyclic) bond motifs is 1. The molecule has 1 aliphatic heterocycles. The minimum Gasteiger partial charge on any atom is -0.754 e. The summed E-state index contributed by atoms with van der Waals surface area (Å²) in [5.41, 5.74) is 9.89. The molecular formula is C25H25N6O4-. The molecule has 35 heavy (non-hydrogen) atoms. The van der Waals surface area contributed by atoms with Crippen LogP contribution in [0.4, 0.5) is 16.2 Å². The van der Waals surface area contributed by atoms with Crippen molar-refractivity contribution in [2.75, 3.05) is 17.4 Å². The lowest BCUT2D eigenvalue weighted by Gasteiger charge is -2.40. The Balaban J connectivity index is 1.50. The lowest BCUT2D eigenvalue weighted by atomic mass is 9.91. The maximum absolute atomic E-state index is 12.9. The first kappa shape index (κ1) is 23.7. The number of benzene rings is 1. The molecule has 1 atom stereocenters. The van der Waals surface area contributed by atoms with Gasteiger partial charge in [-0.05, 0) is 36.8 Å². The number of amides is 2. The molecule has 0 fully saturated rings. The maximum atomic E-state index is 12.9. The first-order valence-electron chi connectivity index (χ1n) is 11.1. The molecule has 3 heterocycles. The number of pyridine rings is 2. The topological polar surface area (TPSA) is 146 Å². The van der Waals surface area contributed by atoms with Crippen LogP contribution >= 0.6 is 0 Å². The second-order valence-electron chi connectivity index (χ2n) is 7.88. The van der Waals surface area contributed by atoms with Gasteiger partial charge in [0.1, 0.15) is 12.3 Å². The smallest absolute Gasteiger partial charge is 0.411 e. The predicted molar refractivity (Wildman–Crippen MR) is 132 cm³/mol. The summed E-state index contributed by atoms with van der Waals surface area (Å²) < 4.78 is 5.21. The molecule has 180 valence electrons. The Bertz CT molecular complexity index is 1260. The number of anilines is 2. The van der Waals surface area contributed by atoms with E-state index < -0.39 is 12.0 Å². The molecule has 4 N–H and O–H groups in total. The summed E-state index contributed by atoms with van der Waals surface area (Å²) in [6.45, 7) is 2.04. The lowest BCUT2D eigenvalue weighted by Crippen LogP contribution is -2.37. The number of likely N-dealkylation sites (N-methyl/N-ethyl adjacent to an activating group) is 1. The Hall–Kier alpha value is -4.44. The van der Waals surface area contributed by atoms with E-state index in [-0.39, 0.29) is 23.9 Å². The van der Waals surface area contributed by atoms with Crippen molar-refractivity contribution in [2.45, 2.75) is 25.9 Å². The summed E-state index contributed by atoms with van der Waals surface area (Å²) in [6.07, 6.45) is 3.28. The number of hydroxylamine groups is 1. The molecule has 2 aromatic heterocycles. The molecule has 4 rings (SSSR count). The fourth-order valence-electron chi connectivity index (χ4n) is 3.87. The SMILES string of the molecule is CCC1C(N)=C(C(=O)NC)N([O-])c2ccc(-c3ccc(NC(=O)OCc4cccnc4)cc3)nc21. The normalized spacial score (nSPS) is 14.8. The Morgan fingerprint density at radius 2 is 1.94 bits per heavy atom. The monoisotopic (exact) mass is 473 g/mol. The predicted octanol–water partition coefficient (Wildman–Crippen LogP) is 3.62. The average molecular weight is 474 g/mol. The highest BCUT2D eigenvalue weighted by atomic mass is 16.5. The summed E-state index contributed by atoms with van der Waals surface area (Å²) in [5, 5.41) is 18.5. The highest BCUT2D eigenvalue weighted by Gasteiger charge is 2.31. The molecule has 0 radical (unpaired) electrons. The van der Waals surface area contributed by atoms with E-state index in [4.69, 9.17) is 15.5 Å². The number of carbonyl (C=O) groups is 2. The number of ether oxygens (including phenoxy) is 1. The zero-order valence-electron chi connectivity index (χ0n) is 19.3. The van der Waals surface area contributed by atoms with Gasteiger partial charge < -0.3 is 26.1 Å². The Morgan fingerprint density at radius 1 is 1.17 bits per heavy atom. The van der Waals surface area contributed by atoms with Crippen LogP contribution in [0.1, 0.15) is 30.5 Å². The van der Waals surface area contributed by atoms with E-state index in [1.54, 1.807) is 54.9 Å². The molecular weight excluding hydrogens is 448 g/mol. The van der Waals surface area contributed by atoms with E-state index in [0.717, 1.165) is 11.1 Å². The molecule has 3 aromatic rings. The summed E-state index contributed by atoms with van der Waals surface area (Å²) >= 11 is 0. The number of nitrogens with two attached hydrogens (primary N) is 1. The molecule has 10 heteroatoms. The van der Waals surface area contributed by atoms with Crippen LogP contribution in [0, 0.1) is 5.21 Å². The van der Waals surface area contributed by atoms with Crippen LogP contribution in [0.25, 0.3) is 11.3 Å². The van der Waals surface area contributed by atoms with E-state index in [9.17, 15) is 14.8 Å². The highest BCUT2D eigenvalue weighted by molar-refractivity contribution is 5.99. The van der Waals surface area contributed by atoms with Gasteiger partial charge in [-0.1, -0.05) is 25.1 Å². The molecule has 0 aliphatic carbocycles. The molecule has 0 saturated heterocycles. The summed E-state index contributed by atoms with van der Waals surface area (Å²) in [6, 6.07) is 14.0. The zero-order chi connectivity index (χ0) is 24.9. The third kappa shape index (κ3) is 4.92. The lowest BCUT2D eigenvalue weighted by molar-refractivity contribution is -0.117. The van der Waals surface area contributed by atoms with Crippen molar-refractivity contribution in [3.05, 3.63) is 88.8 Å². The van der Waals surface area contributed by atoms with Gasteiger partial charge in [0.15, 0.2) is 0 Å². The number of carbonyl (C=O) groups excluding carboxylic acids is 2. The summed E-state index contributed by atoms with van der Waals surface area (Å²) in [5.74, 6) is -0.897. The van der Waals surface area contributed by atoms with E-state index >= 15 is 0 Å². The van der Waals surface area contributed by atoms with Gasteiger partial charge in [-0.15, -0.1) is 0 Å². The van der Waals surface area contributed by atoms with Crippen LogP contribution in [0.3, 0.4) is 0 Å². The Labute approximate surface area is 202 Å². The number of aromatic nitrogens is 2. The molecule has 1 aliphatic rings. The Morgan fingerprint density at radius 3 is 2.60 bits per heavy atom. The molecule has 2 amide bonds. The zero-order valence-corrected chi connectivity index (χ0v) is 19.3. The number of nitrogens with one attached hydrogen (secondary N) is 2. The summed E-state index contributed by atoms with van der Waals surface area (Å²) in [4.78, 5) is 33.0. The fourth-order valence-corrected chi connectivity index (χ4v) is 3.87. The number of allylic oxidation sites excluding steroid dienone is 1. The molecule has 0 saturated carbocycles. The van der Waals surface area contributed by atoms with Gasteiger partial charge in [0.2, 0.25) is 0 Å². The second-order valence-corrected chi connectivity index (χ2v) is 7.88. The van der Waals surface area contributed by atoms with Crippen molar-refractivity contribution < 1.29 is 14.3 Å². The largest absolute Gasteiger partial charge is 0.754 e. The third-order valence-electron chi connectivity index (χ3n) is 5.67. The Kier molecular flexibility index (Phi) is 6.93. The molecule has 0 spiro atoms. The van der Waals surface area contributed by atoms with Gasteiger partial charge in [-0.25, -0.2) is 9.78 Å². The van der Waals surface area contributed by atoms with Gasteiger partial charge in [0.25, 0.3) is 5.91 Å². The number of hydrogen-bond acceptors (Lipinski definition) is 8. The van der Waals surface area contributed by atoms with Crippen LogP contribution in [0.15, 0.2) is 72.3 Å². The van der Waals surface area contributed by atoms with Gasteiger partial charge >= 0.3 is 6.09 Å². The first-order chi connectivity index (χ1) is 16.9. The van der Waals surface area contributed by atoms with Gasteiger partial charge in [-0.2, -0.15) is 0 Å². The van der Waals surface area contributed by atoms with Crippen LogP contribution in [0.2, 0.25) is 0 Å². The first-order valence-corrected chi connectivity index (χ1v) is 11.1. The maximum Gasteiger partial charge on any atom is 0.411 e. The van der Waals surface area contributed by atoms with Crippen LogP contribution in [-0.4, -0.2) is 29.0 Å². The van der Waals surface area contributed by atoms with Crippen molar-refractivity contribution >= 4 is 23.4 Å². The third-order valence-corrected chi connectivity index (χ3v) is 5.67. The van der Waals surface area contributed by atoms with E-state index in [2.05, 4.69) is 15.6 Å².